The van der Waals surface area contributed by atoms with Gasteiger partial charge >= 0.3 is 5.63 Å². The van der Waals surface area contributed by atoms with Gasteiger partial charge in [0.2, 0.25) is 5.91 Å². The number of nitrogens with one attached hydrogen (secondary N) is 1. The van der Waals surface area contributed by atoms with Gasteiger partial charge in [-0.1, -0.05) is 0 Å². The Labute approximate surface area is 189 Å². The van der Waals surface area contributed by atoms with E-state index in [-0.39, 0.29) is 19.3 Å². The number of rotatable bonds is 8. The molecular weight excluding hydrogens is 430 g/mol. The SMILES string of the molecule is CSCC[C@H](NC(=O)CCc1c(C)c2cc3c4c(oc3cc2oc1=O)CCCC4)C(=O)[O-]. The third kappa shape index (κ3) is 4.41. The van der Waals surface area contributed by atoms with Crippen LogP contribution in [0.2, 0.25) is 0 Å². The molecule has 2 aromatic heterocycles. The molecule has 0 saturated heterocycles. The van der Waals surface area contributed by atoms with E-state index in [0.717, 1.165) is 53.4 Å². The maximum atomic E-state index is 12.6. The number of furan rings is 1. The minimum absolute atomic E-state index is 0.0104. The third-order valence-electron chi connectivity index (χ3n) is 6.20. The first kappa shape index (κ1) is 22.5. The summed E-state index contributed by atoms with van der Waals surface area (Å²) >= 11 is 1.50. The van der Waals surface area contributed by atoms with Gasteiger partial charge in [0.15, 0.2) is 0 Å². The molecule has 0 saturated carbocycles. The number of aryl methyl sites for hydroxylation is 3. The second kappa shape index (κ2) is 9.40. The van der Waals surface area contributed by atoms with Crippen molar-refractivity contribution in [3.63, 3.8) is 0 Å². The van der Waals surface area contributed by atoms with E-state index in [1.54, 1.807) is 6.07 Å². The second-order valence-electron chi connectivity index (χ2n) is 8.27. The van der Waals surface area contributed by atoms with Crippen molar-refractivity contribution in [2.45, 2.75) is 57.9 Å². The van der Waals surface area contributed by atoms with Gasteiger partial charge in [0, 0.05) is 40.8 Å². The van der Waals surface area contributed by atoms with Crippen molar-refractivity contribution in [1.29, 1.82) is 0 Å². The Balaban J connectivity index is 1.58. The van der Waals surface area contributed by atoms with Crippen LogP contribution in [-0.2, 0) is 28.9 Å². The van der Waals surface area contributed by atoms with E-state index in [0.29, 0.717) is 16.9 Å². The number of thioether (sulfide) groups is 1. The lowest BCUT2D eigenvalue weighted by molar-refractivity contribution is -0.308. The molecule has 7 nitrogen and oxygen atoms in total. The highest BCUT2D eigenvalue weighted by molar-refractivity contribution is 7.98. The van der Waals surface area contributed by atoms with Crippen molar-refractivity contribution >= 4 is 45.6 Å². The summed E-state index contributed by atoms with van der Waals surface area (Å²) in [5, 5.41) is 15.6. The van der Waals surface area contributed by atoms with Crippen molar-refractivity contribution < 1.29 is 23.5 Å². The first-order chi connectivity index (χ1) is 15.4. The first-order valence-corrected chi connectivity index (χ1v) is 12.3. The minimum Gasteiger partial charge on any atom is -0.548 e. The summed E-state index contributed by atoms with van der Waals surface area (Å²) in [6.07, 6.45) is 6.46. The predicted molar refractivity (Wildman–Crippen MR) is 122 cm³/mol. The topological polar surface area (TPSA) is 113 Å². The van der Waals surface area contributed by atoms with Gasteiger partial charge in [-0.3, -0.25) is 4.79 Å². The highest BCUT2D eigenvalue weighted by Crippen LogP contribution is 2.35. The van der Waals surface area contributed by atoms with Crippen LogP contribution in [0.15, 0.2) is 25.8 Å². The van der Waals surface area contributed by atoms with E-state index in [1.807, 2.05) is 19.2 Å². The minimum atomic E-state index is -1.30. The average molecular weight is 457 g/mol. The number of hydrogen-bond donors (Lipinski definition) is 1. The number of carbonyl (C=O) groups excluding carboxylic acids is 2. The van der Waals surface area contributed by atoms with Crippen LogP contribution in [0.4, 0.5) is 0 Å². The molecule has 8 heteroatoms. The van der Waals surface area contributed by atoms with Crippen LogP contribution >= 0.6 is 11.8 Å². The first-order valence-electron chi connectivity index (χ1n) is 10.9. The van der Waals surface area contributed by atoms with Crippen molar-refractivity contribution in [3.8, 4) is 0 Å². The molecule has 3 aromatic rings. The van der Waals surface area contributed by atoms with Gasteiger partial charge in [0.1, 0.15) is 16.9 Å². The van der Waals surface area contributed by atoms with Gasteiger partial charge < -0.3 is 24.1 Å². The third-order valence-corrected chi connectivity index (χ3v) is 6.84. The Kier molecular flexibility index (Phi) is 6.60. The molecule has 4 rings (SSSR count). The summed E-state index contributed by atoms with van der Waals surface area (Å²) in [7, 11) is 0. The zero-order chi connectivity index (χ0) is 22.8. The van der Waals surface area contributed by atoms with Gasteiger partial charge in [-0.25, -0.2) is 4.79 Å². The van der Waals surface area contributed by atoms with Crippen LogP contribution < -0.4 is 16.0 Å². The quantitative estimate of drug-likeness (QED) is 0.519. The molecule has 0 aliphatic heterocycles. The number of fused-ring (bicyclic) bond motifs is 4. The number of carboxylic acids is 1. The highest BCUT2D eigenvalue weighted by Gasteiger charge is 2.21. The molecular formula is C24H26NO6S-. The zero-order valence-corrected chi connectivity index (χ0v) is 19.1. The lowest BCUT2D eigenvalue weighted by Gasteiger charge is -2.19. The summed E-state index contributed by atoms with van der Waals surface area (Å²) in [6, 6.07) is 2.77. The average Bonchev–Trinajstić information content (AvgIpc) is 3.12. The van der Waals surface area contributed by atoms with Crippen molar-refractivity contribution in [2.24, 2.45) is 0 Å². The molecule has 170 valence electrons. The van der Waals surface area contributed by atoms with Crippen molar-refractivity contribution in [1.82, 2.24) is 5.32 Å². The van der Waals surface area contributed by atoms with Crippen LogP contribution in [0.25, 0.3) is 21.9 Å². The summed E-state index contributed by atoms with van der Waals surface area (Å²) < 4.78 is 11.6. The summed E-state index contributed by atoms with van der Waals surface area (Å²) in [5.74, 6) is -0.124. The van der Waals surface area contributed by atoms with Crippen LogP contribution in [0.5, 0.6) is 0 Å². The molecule has 0 radical (unpaired) electrons. The molecule has 1 aliphatic rings. The lowest BCUT2D eigenvalue weighted by Crippen LogP contribution is -2.48. The van der Waals surface area contributed by atoms with E-state index in [1.165, 1.54) is 17.3 Å². The number of amides is 1. The van der Waals surface area contributed by atoms with Crippen LogP contribution in [0, 0.1) is 6.92 Å². The summed E-state index contributed by atoms with van der Waals surface area (Å²) in [6.45, 7) is 1.85. The van der Waals surface area contributed by atoms with Gasteiger partial charge in [-0.05, 0) is 62.7 Å². The number of benzene rings is 1. The molecule has 1 aromatic carbocycles. The Morgan fingerprint density at radius 3 is 2.66 bits per heavy atom. The van der Waals surface area contributed by atoms with E-state index < -0.39 is 23.5 Å². The Hall–Kier alpha value is -2.74. The molecule has 0 fully saturated rings. The van der Waals surface area contributed by atoms with Gasteiger partial charge in [-0.15, -0.1) is 0 Å². The van der Waals surface area contributed by atoms with E-state index in [2.05, 4.69) is 5.32 Å². The molecule has 0 bridgehead atoms. The smallest absolute Gasteiger partial charge is 0.339 e. The van der Waals surface area contributed by atoms with Crippen molar-refractivity contribution in [2.75, 3.05) is 12.0 Å². The van der Waals surface area contributed by atoms with E-state index in [9.17, 15) is 19.5 Å². The highest BCUT2D eigenvalue weighted by atomic mass is 32.2. The Bertz CT molecular complexity index is 1240. The molecule has 2 heterocycles. The maximum Gasteiger partial charge on any atom is 0.339 e. The van der Waals surface area contributed by atoms with Crippen LogP contribution in [0.1, 0.15) is 48.1 Å². The number of hydrogen-bond acceptors (Lipinski definition) is 7. The molecule has 32 heavy (non-hydrogen) atoms. The summed E-state index contributed by atoms with van der Waals surface area (Å²) in [4.78, 5) is 36.2. The number of carboxylic acid groups (broad SMARTS) is 1. The predicted octanol–water partition coefficient (Wildman–Crippen LogP) is 2.65. The van der Waals surface area contributed by atoms with E-state index in [4.69, 9.17) is 8.83 Å². The molecule has 0 spiro atoms. The van der Waals surface area contributed by atoms with Gasteiger partial charge in [0.05, 0.1) is 12.0 Å². The molecule has 1 N–H and O–H groups in total. The lowest BCUT2D eigenvalue weighted by atomic mass is 9.94. The summed E-state index contributed by atoms with van der Waals surface area (Å²) in [5.41, 5.74) is 3.15. The fourth-order valence-corrected chi connectivity index (χ4v) is 4.89. The molecule has 1 aliphatic carbocycles. The van der Waals surface area contributed by atoms with Crippen molar-refractivity contribution in [3.05, 3.63) is 45.0 Å². The number of carbonyl (C=O) groups is 2. The normalized spacial score (nSPS) is 14.4. The largest absolute Gasteiger partial charge is 0.548 e. The van der Waals surface area contributed by atoms with Crippen LogP contribution in [-0.4, -0.2) is 29.9 Å². The Morgan fingerprint density at radius 1 is 1.16 bits per heavy atom. The van der Waals surface area contributed by atoms with Crippen LogP contribution in [0.3, 0.4) is 0 Å². The second-order valence-corrected chi connectivity index (χ2v) is 9.25. The van der Waals surface area contributed by atoms with E-state index >= 15 is 0 Å². The monoisotopic (exact) mass is 456 g/mol. The number of aliphatic carboxylic acids is 1. The van der Waals surface area contributed by atoms with Gasteiger partial charge in [-0.2, -0.15) is 11.8 Å². The standard InChI is InChI=1S/C24H27NO6S/c1-13-14(7-8-22(26)25-18(23(27)28)9-10-32-2)24(29)31-20-12-21-17(11-16(13)20)15-5-3-4-6-19(15)30-21/h11-12,18H,3-10H2,1-2H3,(H,25,26)(H,27,28)/p-1/t18-/m0/s1. The Morgan fingerprint density at radius 2 is 1.91 bits per heavy atom. The molecule has 1 amide bonds. The molecule has 1 atom stereocenters. The fraction of sp³-hybridized carbons (Fsp3) is 0.458. The van der Waals surface area contributed by atoms with Gasteiger partial charge in [0.25, 0.3) is 0 Å². The zero-order valence-electron chi connectivity index (χ0n) is 18.2. The fourth-order valence-electron chi connectivity index (χ4n) is 4.42. The maximum absolute atomic E-state index is 12.6. The molecule has 0 unspecified atom stereocenters.